The van der Waals surface area contributed by atoms with Crippen LogP contribution >= 0.6 is 15.9 Å². The maximum atomic E-state index is 11.1. The number of ether oxygens (including phenoxy) is 2. The van der Waals surface area contributed by atoms with Crippen molar-refractivity contribution in [1.82, 2.24) is 4.57 Å². The zero-order valence-electron chi connectivity index (χ0n) is 15.1. The Labute approximate surface area is 166 Å². The number of rotatable bonds is 7. The topological polar surface area (TPSA) is 60.7 Å². The van der Waals surface area contributed by atoms with Crippen LogP contribution in [0.5, 0.6) is 11.5 Å². The molecule has 3 rings (SSSR count). The summed E-state index contributed by atoms with van der Waals surface area (Å²) in [7, 11) is 3.22. The minimum Gasteiger partial charge on any atom is -0.497 e. The van der Waals surface area contributed by atoms with Gasteiger partial charge in [0.25, 0.3) is 0 Å². The van der Waals surface area contributed by atoms with E-state index in [0.717, 1.165) is 27.1 Å². The van der Waals surface area contributed by atoms with E-state index in [2.05, 4.69) is 15.9 Å². The van der Waals surface area contributed by atoms with Crippen molar-refractivity contribution in [2.45, 2.75) is 12.8 Å². The normalized spacial score (nSPS) is 10.6. The number of hydrogen-bond acceptors (Lipinski definition) is 3. The summed E-state index contributed by atoms with van der Waals surface area (Å²) >= 11 is 3.46. The standard InChI is InChI=1S/C21H20BrNO4/c1-26-17-9-11-19(20(13-17)27-2)23-16(8-12-21(24)25)7-10-18(23)14-3-5-15(22)6-4-14/h3-7,9-11,13H,8,12H2,1-2H3,(H,24,25). The number of carboxylic acids is 1. The molecule has 1 heterocycles. The predicted molar refractivity (Wildman–Crippen MR) is 108 cm³/mol. The van der Waals surface area contributed by atoms with Crippen LogP contribution in [0.15, 0.2) is 59.1 Å². The number of carbonyl (C=O) groups is 1. The second kappa shape index (κ2) is 8.31. The highest BCUT2D eigenvalue weighted by molar-refractivity contribution is 9.10. The minimum absolute atomic E-state index is 0.0578. The van der Waals surface area contributed by atoms with Crippen LogP contribution in [-0.4, -0.2) is 29.9 Å². The summed E-state index contributed by atoms with van der Waals surface area (Å²) in [5.74, 6) is 0.523. The molecule has 6 heteroatoms. The van der Waals surface area contributed by atoms with Gasteiger partial charge in [-0.15, -0.1) is 0 Å². The summed E-state index contributed by atoms with van der Waals surface area (Å²) in [4.78, 5) is 11.1. The summed E-state index contributed by atoms with van der Waals surface area (Å²) in [5, 5.41) is 9.10. The van der Waals surface area contributed by atoms with Crippen molar-refractivity contribution in [2.75, 3.05) is 14.2 Å². The van der Waals surface area contributed by atoms with Crippen LogP contribution in [0.4, 0.5) is 0 Å². The molecule has 5 nitrogen and oxygen atoms in total. The van der Waals surface area contributed by atoms with Gasteiger partial charge in [0.2, 0.25) is 0 Å². The molecule has 1 N–H and O–H groups in total. The number of methoxy groups -OCH3 is 2. The third kappa shape index (κ3) is 4.17. The molecule has 3 aromatic rings. The number of halogens is 1. The second-order valence-electron chi connectivity index (χ2n) is 5.98. The van der Waals surface area contributed by atoms with E-state index < -0.39 is 5.97 Å². The van der Waals surface area contributed by atoms with Crippen molar-refractivity contribution in [3.8, 4) is 28.4 Å². The van der Waals surface area contributed by atoms with Crippen molar-refractivity contribution in [3.63, 3.8) is 0 Å². The van der Waals surface area contributed by atoms with Gasteiger partial charge in [0, 0.05) is 16.2 Å². The molecule has 0 radical (unpaired) electrons. The van der Waals surface area contributed by atoms with Gasteiger partial charge in [0.15, 0.2) is 0 Å². The summed E-state index contributed by atoms with van der Waals surface area (Å²) in [5.41, 5.74) is 3.73. The largest absolute Gasteiger partial charge is 0.497 e. The number of carboxylic acid groups (broad SMARTS) is 1. The molecule has 0 saturated heterocycles. The molecule has 0 spiro atoms. The van der Waals surface area contributed by atoms with Crippen molar-refractivity contribution in [2.24, 2.45) is 0 Å². The molecular weight excluding hydrogens is 410 g/mol. The molecule has 0 saturated carbocycles. The van der Waals surface area contributed by atoms with Gasteiger partial charge in [0.05, 0.1) is 32.0 Å². The molecule has 0 bridgehead atoms. The van der Waals surface area contributed by atoms with Crippen molar-refractivity contribution >= 4 is 21.9 Å². The fourth-order valence-electron chi connectivity index (χ4n) is 3.01. The van der Waals surface area contributed by atoms with Crippen molar-refractivity contribution in [3.05, 3.63) is 64.8 Å². The van der Waals surface area contributed by atoms with Gasteiger partial charge in [-0.3, -0.25) is 4.79 Å². The van der Waals surface area contributed by atoms with Crippen LogP contribution in [0, 0.1) is 0 Å². The molecule has 0 atom stereocenters. The van der Waals surface area contributed by atoms with Gasteiger partial charge in [-0.05, 0) is 48.4 Å². The Bertz CT molecular complexity index is 947. The van der Waals surface area contributed by atoms with Crippen LogP contribution in [0.3, 0.4) is 0 Å². The van der Waals surface area contributed by atoms with Crippen LogP contribution in [0.2, 0.25) is 0 Å². The van der Waals surface area contributed by atoms with Crippen molar-refractivity contribution < 1.29 is 19.4 Å². The zero-order chi connectivity index (χ0) is 19.4. The van der Waals surface area contributed by atoms with Crippen molar-refractivity contribution in [1.29, 1.82) is 0 Å². The molecule has 0 amide bonds. The molecule has 0 fully saturated rings. The Morgan fingerprint density at radius 3 is 2.41 bits per heavy atom. The highest BCUT2D eigenvalue weighted by atomic mass is 79.9. The SMILES string of the molecule is COc1ccc(-n2c(CCC(=O)O)ccc2-c2ccc(Br)cc2)c(OC)c1. The number of aryl methyl sites for hydroxylation is 1. The average molecular weight is 430 g/mol. The Balaban J connectivity index is 2.17. The van der Waals surface area contributed by atoms with Gasteiger partial charge in [-0.25, -0.2) is 0 Å². The third-order valence-electron chi connectivity index (χ3n) is 4.32. The Hall–Kier alpha value is -2.73. The molecule has 140 valence electrons. The summed E-state index contributed by atoms with van der Waals surface area (Å²) in [6, 6.07) is 17.6. The van der Waals surface area contributed by atoms with Crippen LogP contribution in [0.1, 0.15) is 12.1 Å². The smallest absolute Gasteiger partial charge is 0.303 e. The molecule has 0 aliphatic rings. The van der Waals surface area contributed by atoms with Crippen LogP contribution in [0.25, 0.3) is 16.9 Å². The fraction of sp³-hybridized carbons (Fsp3) is 0.190. The monoisotopic (exact) mass is 429 g/mol. The van der Waals surface area contributed by atoms with Gasteiger partial charge in [-0.1, -0.05) is 28.1 Å². The highest BCUT2D eigenvalue weighted by Crippen LogP contribution is 2.34. The minimum atomic E-state index is -0.824. The van der Waals surface area contributed by atoms with Gasteiger partial charge in [0.1, 0.15) is 11.5 Å². The molecule has 0 aliphatic carbocycles. The van der Waals surface area contributed by atoms with E-state index in [1.54, 1.807) is 14.2 Å². The molecule has 2 aromatic carbocycles. The summed E-state index contributed by atoms with van der Waals surface area (Å²) in [6.45, 7) is 0. The lowest BCUT2D eigenvalue weighted by Crippen LogP contribution is -2.07. The molecule has 1 aromatic heterocycles. The second-order valence-corrected chi connectivity index (χ2v) is 6.90. The highest BCUT2D eigenvalue weighted by Gasteiger charge is 2.17. The van der Waals surface area contributed by atoms with Crippen LogP contribution in [-0.2, 0) is 11.2 Å². The molecule has 0 unspecified atom stereocenters. The van der Waals surface area contributed by atoms with E-state index >= 15 is 0 Å². The first-order chi connectivity index (χ1) is 13.0. The molecular formula is C21H20BrNO4. The van der Waals surface area contributed by atoms with Gasteiger partial charge < -0.3 is 19.1 Å². The quantitative estimate of drug-likeness (QED) is 0.577. The first-order valence-electron chi connectivity index (χ1n) is 8.44. The molecule has 27 heavy (non-hydrogen) atoms. The van der Waals surface area contributed by atoms with E-state index in [-0.39, 0.29) is 6.42 Å². The molecule has 0 aliphatic heterocycles. The first kappa shape index (κ1) is 19.0. The van der Waals surface area contributed by atoms with E-state index in [9.17, 15) is 4.79 Å². The zero-order valence-corrected chi connectivity index (χ0v) is 16.7. The number of benzene rings is 2. The average Bonchev–Trinajstić information content (AvgIpc) is 3.10. The lowest BCUT2D eigenvalue weighted by molar-refractivity contribution is -0.136. The number of hydrogen-bond donors (Lipinski definition) is 1. The summed E-state index contributed by atoms with van der Waals surface area (Å²) < 4.78 is 13.9. The maximum absolute atomic E-state index is 11.1. The van der Waals surface area contributed by atoms with E-state index in [1.807, 2.05) is 59.2 Å². The van der Waals surface area contributed by atoms with Gasteiger partial charge in [-0.2, -0.15) is 0 Å². The van der Waals surface area contributed by atoms with Crippen LogP contribution < -0.4 is 9.47 Å². The predicted octanol–water partition coefficient (Wildman–Crippen LogP) is 4.94. The Morgan fingerprint density at radius 1 is 1.04 bits per heavy atom. The Kier molecular flexibility index (Phi) is 5.86. The summed E-state index contributed by atoms with van der Waals surface area (Å²) in [6.07, 6.45) is 0.476. The van der Waals surface area contributed by atoms with E-state index in [0.29, 0.717) is 17.9 Å². The lowest BCUT2D eigenvalue weighted by atomic mass is 10.1. The lowest BCUT2D eigenvalue weighted by Gasteiger charge is -2.17. The maximum Gasteiger partial charge on any atom is 0.303 e. The van der Waals surface area contributed by atoms with E-state index in [1.165, 1.54) is 0 Å². The number of aromatic nitrogens is 1. The number of aliphatic carboxylic acids is 1. The van der Waals surface area contributed by atoms with E-state index in [4.69, 9.17) is 14.6 Å². The van der Waals surface area contributed by atoms with Gasteiger partial charge >= 0.3 is 5.97 Å². The fourth-order valence-corrected chi connectivity index (χ4v) is 3.27. The Morgan fingerprint density at radius 2 is 1.78 bits per heavy atom. The number of nitrogens with zero attached hydrogens (tertiary/aromatic N) is 1. The first-order valence-corrected chi connectivity index (χ1v) is 9.23. The third-order valence-corrected chi connectivity index (χ3v) is 4.85.